The molecule has 0 aromatic carbocycles. The molecular formula is C19H44N2OSi2. The number of carbonyl (C=O) groups is 1. The van der Waals surface area contributed by atoms with Crippen molar-refractivity contribution in [3.05, 3.63) is 0 Å². The predicted octanol–water partition coefficient (Wildman–Crippen LogP) is 6.64. The van der Waals surface area contributed by atoms with Gasteiger partial charge in [-0.3, -0.25) is 4.79 Å². The van der Waals surface area contributed by atoms with Crippen LogP contribution in [0.25, 0.3) is 0 Å². The van der Waals surface area contributed by atoms with E-state index in [9.17, 15) is 4.79 Å². The molecule has 0 bridgehead atoms. The van der Waals surface area contributed by atoms with Gasteiger partial charge in [0, 0.05) is 0 Å². The zero-order chi connectivity index (χ0) is 19.5. The third-order valence-electron chi connectivity index (χ3n) is 6.39. The molecule has 0 saturated carbocycles. The van der Waals surface area contributed by atoms with E-state index in [1.165, 1.54) is 0 Å². The zero-order valence-electron chi connectivity index (χ0n) is 18.4. The van der Waals surface area contributed by atoms with E-state index in [1.54, 1.807) is 0 Å². The first-order chi connectivity index (χ1) is 10.8. The second-order valence-electron chi connectivity index (χ2n) is 9.37. The lowest BCUT2D eigenvalue weighted by atomic mass is 10.5. The topological polar surface area (TPSA) is 41.1 Å². The van der Waals surface area contributed by atoms with Crippen molar-refractivity contribution in [3.8, 4) is 0 Å². The van der Waals surface area contributed by atoms with Gasteiger partial charge in [0.15, 0.2) is 16.5 Å². The quantitative estimate of drug-likeness (QED) is 0.461. The van der Waals surface area contributed by atoms with E-state index >= 15 is 0 Å². The molecule has 0 unspecified atom stereocenters. The summed E-state index contributed by atoms with van der Waals surface area (Å²) in [5, 5.41) is 0. The maximum Gasteiger partial charge on any atom is 0.299 e. The summed E-state index contributed by atoms with van der Waals surface area (Å²) < 4.78 is 0. The number of nitrogens with one attached hydrogen (secondary N) is 2. The summed E-state index contributed by atoms with van der Waals surface area (Å²) in [5.74, 6) is 0. The normalized spacial score (nSPS) is 13.8. The number of carbonyl (C=O) groups excluding carboxylic acids is 1. The number of amides is 2. The van der Waals surface area contributed by atoms with E-state index in [4.69, 9.17) is 0 Å². The molecule has 0 aliphatic heterocycles. The third-order valence-corrected chi connectivity index (χ3v) is 19.2. The van der Waals surface area contributed by atoms with Crippen LogP contribution in [0.2, 0.25) is 33.2 Å². The maximum absolute atomic E-state index is 13.1. The van der Waals surface area contributed by atoms with Crippen LogP contribution in [-0.2, 0) is 0 Å². The van der Waals surface area contributed by atoms with Gasteiger partial charge in [0.1, 0.15) is 0 Å². The summed E-state index contributed by atoms with van der Waals surface area (Å²) in [4.78, 5) is 20.3. The Morgan fingerprint density at radius 3 is 0.792 bits per heavy atom. The molecule has 2 N–H and O–H groups in total. The van der Waals surface area contributed by atoms with Gasteiger partial charge in [-0.05, 0) is 33.2 Å². The Hall–Kier alpha value is -0.296. The van der Waals surface area contributed by atoms with Crippen LogP contribution in [0, 0.1) is 0 Å². The molecule has 0 aliphatic rings. The molecule has 144 valence electrons. The summed E-state index contributed by atoms with van der Waals surface area (Å²) in [6, 6.07) is 0.0977. The van der Waals surface area contributed by atoms with Crippen LogP contribution in [0.1, 0.15) is 83.1 Å². The van der Waals surface area contributed by atoms with Crippen molar-refractivity contribution in [2.24, 2.45) is 0 Å². The largest absolute Gasteiger partial charge is 0.364 e. The van der Waals surface area contributed by atoms with Gasteiger partial charge < -0.3 is 9.96 Å². The van der Waals surface area contributed by atoms with Crippen LogP contribution in [0.4, 0.5) is 4.79 Å². The molecule has 0 aromatic heterocycles. The van der Waals surface area contributed by atoms with Crippen LogP contribution in [-0.4, -0.2) is 22.5 Å². The van der Waals surface area contributed by atoms with Gasteiger partial charge in [-0.2, -0.15) is 0 Å². The lowest BCUT2D eigenvalue weighted by molar-refractivity contribution is 0.248. The highest BCUT2D eigenvalue weighted by atomic mass is 28.3. The molecule has 3 nitrogen and oxygen atoms in total. The molecule has 0 spiro atoms. The number of rotatable bonds is 8. The standard InChI is InChI=1S/C19H44N2OSi2/c1-13(2)23(14(3)4,15(5)6)20-19(22)21-24(16(7)8,17(9)10)18(11)12/h13-18H,1-12H3,(H2,20,21,22). The Bertz CT molecular complexity index is 325. The van der Waals surface area contributed by atoms with Crippen molar-refractivity contribution in [1.29, 1.82) is 0 Å². The molecule has 0 aliphatic carbocycles. The molecule has 0 heterocycles. The summed E-state index contributed by atoms with van der Waals surface area (Å²) in [7, 11) is -3.87. The van der Waals surface area contributed by atoms with Gasteiger partial charge >= 0.3 is 0 Å². The molecular weight excluding hydrogens is 328 g/mol. The van der Waals surface area contributed by atoms with Crippen molar-refractivity contribution in [3.63, 3.8) is 0 Å². The minimum Gasteiger partial charge on any atom is -0.364 e. The second-order valence-corrected chi connectivity index (χ2v) is 20.5. The number of hydrogen-bond acceptors (Lipinski definition) is 1. The Morgan fingerprint density at radius 2 is 0.667 bits per heavy atom. The molecule has 24 heavy (non-hydrogen) atoms. The van der Waals surface area contributed by atoms with Crippen molar-refractivity contribution in [2.75, 3.05) is 0 Å². The van der Waals surface area contributed by atoms with E-state index in [0.29, 0.717) is 33.2 Å². The molecule has 0 aromatic rings. The first-order valence-corrected chi connectivity index (χ1v) is 14.3. The molecule has 0 atom stereocenters. The SMILES string of the molecule is CC(C)[Si](NC(=O)N[Si](C(C)C)(C(C)C)C(C)C)(C(C)C)C(C)C. The summed E-state index contributed by atoms with van der Waals surface area (Å²) in [6.45, 7) is 27.4. The molecule has 0 radical (unpaired) electrons. The molecule has 0 saturated heterocycles. The fraction of sp³-hybridized carbons (Fsp3) is 0.947. The Balaban J connectivity index is 5.69. The molecule has 5 heteroatoms. The van der Waals surface area contributed by atoms with Crippen molar-refractivity contribution >= 4 is 22.5 Å². The van der Waals surface area contributed by atoms with E-state index in [0.717, 1.165) is 0 Å². The van der Waals surface area contributed by atoms with Gasteiger partial charge in [-0.25, -0.2) is 0 Å². The van der Waals surface area contributed by atoms with Gasteiger partial charge in [-0.1, -0.05) is 83.1 Å². The maximum atomic E-state index is 13.1. The van der Waals surface area contributed by atoms with Gasteiger partial charge in [0.2, 0.25) is 0 Å². The highest BCUT2D eigenvalue weighted by molar-refractivity contribution is 6.86. The fourth-order valence-corrected chi connectivity index (χ4v) is 16.1. The van der Waals surface area contributed by atoms with Crippen molar-refractivity contribution in [2.45, 2.75) is 116 Å². The van der Waals surface area contributed by atoms with E-state index in [1.807, 2.05) is 0 Å². The summed E-state index contributed by atoms with van der Waals surface area (Å²) in [5.41, 5.74) is 3.15. The van der Waals surface area contributed by atoms with Gasteiger partial charge in [0.25, 0.3) is 6.03 Å². The van der Waals surface area contributed by atoms with E-state index in [2.05, 4.69) is 93.0 Å². The molecule has 2 amide bonds. The Morgan fingerprint density at radius 1 is 0.500 bits per heavy atom. The minimum atomic E-state index is -1.93. The first kappa shape index (κ1) is 23.7. The second kappa shape index (κ2) is 8.88. The van der Waals surface area contributed by atoms with Crippen LogP contribution >= 0.6 is 0 Å². The van der Waals surface area contributed by atoms with Crippen LogP contribution in [0.15, 0.2) is 0 Å². The van der Waals surface area contributed by atoms with Crippen molar-refractivity contribution < 1.29 is 4.79 Å². The predicted molar refractivity (Wildman–Crippen MR) is 114 cm³/mol. The van der Waals surface area contributed by atoms with Gasteiger partial charge in [-0.15, -0.1) is 0 Å². The van der Waals surface area contributed by atoms with Crippen LogP contribution < -0.4 is 9.96 Å². The lowest BCUT2D eigenvalue weighted by Crippen LogP contribution is -2.68. The van der Waals surface area contributed by atoms with Crippen molar-refractivity contribution in [1.82, 2.24) is 9.96 Å². The first-order valence-electron chi connectivity index (χ1n) is 9.86. The lowest BCUT2D eigenvalue weighted by Gasteiger charge is -2.47. The van der Waals surface area contributed by atoms with Crippen LogP contribution in [0.3, 0.4) is 0 Å². The smallest absolute Gasteiger partial charge is 0.299 e. The average molecular weight is 373 g/mol. The molecule has 0 fully saturated rings. The number of hydrogen-bond donors (Lipinski definition) is 2. The highest BCUT2D eigenvalue weighted by Crippen LogP contribution is 2.41. The highest BCUT2D eigenvalue weighted by Gasteiger charge is 2.48. The minimum absolute atomic E-state index is 0.0977. The van der Waals surface area contributed by atoms with Crippen LogP contribution in [0.5, 0.6) is 0 Å². The number of urea groups is 1. The average Bonchev–Trinajstić information content (AvgIpc) is 2.39. The Labute approximate surface area is 153 Å². The zero-order valence-corrected chi connectivity index (χ0v) is 20.4. The third kappa shape index (κ3) is 4.45. The monoisotopic (exact) mass is 372 g/mol. The van der Waals surface area contributed by atoms with E-state index in [-0.39, 0.29) is 6.03 Å². The Kier molecular flexibility index (Phi) is 8.77. The molecule has 0 rings (SSSR count). The summed E-state index contributed by atoms with van der Waals surface area (Å²) in [6.07, 6.45) is 0. The van der Waals surface area contributed by atoms with E-state index < -0.39 is 16.5 Å². The summed E-state index contributed by atoms with van der Waals surface area (Å²) >= 11 is 0. The van der Waals surface area contributed by atoms with Gasteiger partial charge in [0.05, 0.1) is 0 Å². The fourth-order valence-electron chi connectivity index (χ4n) is 5.29.